The highest BCUT2D eigenvalue weighted by atomic mass is 32.2. The molecule has 0 aliphatic heterocycles. The van der Waals surface area contributed by atoms with Crippen LogP contribution in [0.3, 0.4) is 0 Å². The summed E-state index contributed by atoms with van der Waals surface area (Å²) in [6.45, 7) is 17.8. The first-order valence-corrected chi connectivity index (χ1v) is 11.0. The fourth-order valence-corrected chi connectivity index (χ4v) is 3.70. The number of benzene rings is 1. The normalized spacial score (nSPS) is 12.4. The minimum atomic E-state index is 0.613. The Morgan fingerprint density at radius 3 is 1.92 bits per heavy atom. The van der Waals surface area contributed by atoms with Crippen LogP contribution in [0, 0.1) is 17.8 Å². The highest BCUT2D eigenvalue weighted by Gasteiger charge is 2.19. The monoisotopic (exact) mass is 366 g/mol. The lowest BCUT2D eigenvalue weighted by Gasteiger charge is -2.28. The lowest BCUT2D eigenvalue weighted by atomic mass is 9.84. The van der Waals surface area contributed by atoms with E-state index in [2.05, 4.69) is 75.0 Å². The predicted molar refractivity (Wildman–Crippen MR) is 116 cm³/mol. The summed E-state index contributed by atoms with van der Waals surface area (Å²) >= 11 is 1.72. The second-order valence-electron chi connectivity index (χ2n) is 7.42. The molecule has 1 unspecified atom stereocenters. The first kappa shape index (κ1) is 24.5. The minimum Gasteiger partial charge on any atom is -0.314 e. The van der Waals surface area contributed by atoms with Gasteiger partial charge >= 0.3 is 0 Å². The van der Waals surface area contributed by atoms with E-state index >= 15 is 0 Å². The van der Waals surface area contributed by atoms with Crippen LogP contribution in [-0.2, 0) is 0 Å². The molecule has 0 bridgehead atoms. The van der Waals surface area contributed by atoms with Crippen molar-refractivity contribution in [3.63, 3.8) is 0 Å². The van der Waals surface area contributed by atoms with E-state index in [1.807, 2.05) is 13.8 Å². The van der Waals surface area contributed by atoms with Crippen molar-refractivity contribution >= 4 is 11.9 Å². The largest absolute Gasteiger partial charge is 0.314 e. The van der Waals surface area contributed by atoms with Crippen LogP contribution in [0.5, 0.6) is 0 Å². The van der Waals surface area contributed by atoms with Gasteiger partial charge in [0.15, 0.2) is 0 Å². The Morgan fingerprint density at radius 2 is 1.40 bits per heavy atom. The standard InChI is InChI=1S/C20H36N2S.C2H6/c1-16(2)14-19(15-17(3)4)18(5)21-12-9-13-22-23-20-10-7-6-8-11-20;1-2/h6-8,10-11,16-19,21-22H,9,12-15H2,1-5H3;1-2H3. The van der Waals surface area contributed by atoms with Crippen molar-refractivity contribution in [3.8, 4) is 0 Å². The quantitative estimate of drug-likeness (QED) is 0.331. The fourth-order valence-electron chi connectivity index (χ4n) is 3.00. The minimum absolute atomic E-state index is 0.613. The Hall–Kier alpha value is -0.510. The van der Waals surface area contributed by atoms with Crippen LogP contribution in [0.15, 0.2) is 35.2 Å². The molecule has 0 spiro atoms. The van der Waals surface area contributed by atoms with Crippen molar-refractivity contribution in [2.75, 3.05) is 13.1 Å². The molecule has 0 saturated carbocycles. The van der Waals surface area contributed by atoms with Gasteiger partial charge in [-0.3, -0.25) is 4.72 Å². The van der Waals surface area contributed by atoms with Crippen LogP contribution in [0.4, 0.5) is 0 Å². The third kappa shape index (κ3) is 13.4. The van der Waals surface area contributed by atoms with Gasteiger partial charge in [0.1, 0.15) is 0 Å². The van der Waals surface area contributed by atoms with Crippen LogP contribution < -0.4 is 10.0 Å². The molecule has 1 aromatic rings. The van der Waals surface area contributed by atoms with E-state index in [1.165, 1.54) is 24.2 Å². The van der Waals surface area contributed by atoms with E-state index in [1.54, 1.807) is 11.9 Å². The average Bonchev–Trinajstić information content (AvgIpc) is 2.59. The lowest BCUT2D eigenvalue weighted by molar-refractivity contribution is 0.271. The summed E-state index contributed by atoms with van der Waals surface area (Å²) in [5.74, 6) is 2.36. The lowest BCUT2D eigenvalue weighted by Crippen LogP contribution is -2.36. The summed E-state index contributed by atoms with van der Waals surface area (Å²) in [5.41, 5.74) is 0. The number of hydrogen-bond donors (Lipinski definition) is 2. The predicted octanol–water partition coefficient (Wildman–Crippen LogP) is 6.39. The first-order chi connectivity index (χ1) is 12.0. The van der Waals surface area contributed by atoms with E-state index in [4.69, 9.17) is 0 Å². The third-order valence-corrected chi connectivity index (χ3v) is 4.97. The van der Waals surface area contributed by atoms with Crippen molar-refractivity contribution in [1.29, 1.82) is 0 Å². The van der Waals surface area contributed by atoms with Gasteiger partial charge in [-0.15, -0.1) is 0 Å². The second-order valence-corrected chi connectivity index (χ2v) is 8.39. The summed E-state index contributed by atoms with van der Waals surface area (Å²) in [6, 6.07) is 11.1. The van der Waals surface area contributed by atoms with Crippen molar-refractivity contribution in [1.82, 2.24) is 10.0 Å². The van der Waals surface area contributed by atoms with E-state index in [0.717, 1.165) is 30.8 Å². The summed E-state index contributed by atoms with van der Waals surface area (Å²) in [4.78, 5) is 1.28. The number of rotatable bonds is 12. The van der Waals surface area contributed by atoms with Gasteiger partial charge in [0.05, 0.1) is 0 Å². The molecule has 1 atom stereocenters. The Kier molecular flexibility index (Phi) is 15.4. The maximum atomic E-state index is 3.74. The zero-order chi connectivity index (χ0) is 19.1. The molecule has 2 nitrogen and oxygen atoms in total. The molecule has 2 N–H and O–H groups in total. The number of hydrogen-bond acceptors (Lipinski definition) is 3. The van der Waals surface area contributed by atoms with Gasteiger partial charge in [-0.1, -0.05) is 59.7 Å². The second kappa shape index (κ2) is 15.7. The fraction of sp³-hybridized carbons (Fsp3) is 0.727. The van der Waals surface area contributed by atoms with Gasteiger partial charge < -0.3 is 5.32 Å². The molecule has 0 saturated heterocycles. The molecule has 0 aliphatic carbocycles. The Balaban J connectivity index is 0.00000277. The molecular formula is C22H42N2S. The maximum Gasteiger partial charge on any atom is 0.0228 e. The topological polar surface area (TPSA) is 24.1 Å². The molecule has 0 aliphatic rings. The summed E-state index contributed by atoms with van der Waals surface area (Å²) in [6.07, 6.45) is 3.82. The van der Waals surface area contributed by atoms with E-state index < -0.39 is 0 Å². The molecule has 1 aromatic carbocycles. The summed E-state index contributed by atoms with van der Waals surface area (Å²) < 4.78 is 3.45. The maximum absolute atomic E-state index is 3.74. The van der Waals surface area contributed by atoms with Crippen molar-refractivity contribution in [2.45, 2.75) is 78.7 Å². The molecule has 146 valence electrons. The molecule has 0 fully saturated rings. The molecular weight excluding hydrogens is 324 g/mol. The van der Waals surface area contributed by atoms with E-state index in [-0.39, 0.29) is 0 Å². The smallest absolute Gasteiger partial charge is 0.0228 e. The Labute approximate surface area is 162 Å². The highest BCUT2D eigenvalue weighted by Crippen LogP contribution is 2.23. The van der Waals surface area contributed by atoms with Crippen LogP contribution in [0.25, 0.3) is 0 Å². The van der Waals surface area contributed by atoms with Crippen LogP contribution in [0.2, 0.25) is 0 Å². The molecule has 0 radical (unpaired) electrons. The van der Waals surface area contributed by atoms with E-state index in [0.29, 0.717) is 6.04 Å². The van der Waals surface area contributed by atoms with Crippen LogP contribution >= 0.6 is 11.9 Å². The van der Waals surface area contributed by atoms with Gasteiger partial charge in [0.25, 0.3) is 0 Å². The molecule has 1 rings (SSSR count). The van der Waals surface area contributed by atoms with Crippen molar-refractivity contribution in [3.05, 3.63) is 30.3 Å². The van der Waals surface area contributed by atoms with Crippen molar-refractivity contribution < 1.29 is 0 Å². The molecule has 0 amide bonds. The first-order valence-electron chi connectivity index (χ1n) is 10.2. The zero-order valence-electron chi connectivity index (χ0n) is 17.6. The molecule has 0 heterocycles. The van der Waals surface area contributed by atoms with Gasteiger partial charge in [-0.25, -0.2) is 0 Å². The van der Waals surface area contributed by atoms with Crippen molar-refractivity contribution in [2.24, 2.45) is 17.8 Å². The van der Waals surface area contributed by atoms with Gasteiger partial charge in [-0.2, -0.15) is 0 Å². The van der Waals surface area contributed by atoms with Crippen LogP contribution in [0.1, 0.15) is 67.7 Å². The SMILES string of the molecule is CC.CC(C)CC(CC(C)C)C(C)NCCCNSc1ccccc1. The van der Waals surface area contributed by atoms with Gasteiger partial charge in [-0.05, 0) is 74.6 Å². The zero-order valence-corrected chi connectivity index (χ0v) is 18.5. The Morgan fingerprint density at radius 1 is 0.840 bits per heavy atom. The average molecular weight is 367 g/mol. The summed E-state index contributed by atoms with van der Waals surface area (Å²) in [7, 11) is 0. The van der Waals surface area contributed by atoms with Gasteiger partial charge in [0.2, 0.25) is 0 Å². The summed E-state index contributed by atoms with van der Waals surface area (Å²) in [5, 5.41) is 3.74. The molecule has 3 heteroatoms. The molecule has 0 aromatic heterocycles. The highest BCUT2D eigenvalue weighted by molar-refractivity contribution is 7.97. The van der Waals surface area contributed by atoms with Gasteiger partial charge in [0, 0.05) is 17.5 Å². The Bertz CT molecular complexity index is 382. The number of nitrogens with one attached hydrogen (secondary N) is 2. The molecule has 25 heavy (non-hydrogen) atoms. The van der Waals surface area contributed by atoms with Crippen LogP contribution in [-0.4, -0.2) is 19.1 Å². The van der Waals surface area contributed by atoms with E-state index in [9.17, 15) is 0 Å². The third-order valence-electron chi connectivity index (χ3n) is 4.11.